The van der Waals surface area contributed by atoms with Gasteiger partial charge in [0.05, 0.1) is 12.3 Å². The summed E-state index contributed by atoms with van der Waals surface area (Å²) < 4.78 is 25.2. The standard InChI is InChI=1S/C22H21ClFNO3/c1-2-3-12-27-20-10-8-16(23)13-15(20)14-17-9-11-21(28-17)22(26)25-19-7-5-4-6-18(19)24/h4-11,13H,2-3,12,14H2,1H3,(H,25,26). The highest BCUT2D eigenvalue weighted by Gasteiger charge is 2.15. The molecule has 1 N–H and O–H groups in total. The first-order valence-electron chi connectivity index (χ1n) is 9.12. The van der Waals surface area contributed by atoms with Crippen molar-refractivity contribution in [3.63, 3.8) is 0 Å². The third-order valence-corrected chi connectivity index (χ3v) is 4.39. The maximum absolute atomic E-state index is 13.7. The number of rotatable bonds is 8. The van der Waals surface area contributed by atoms with E-state index in [9.17, 15) is 9.18 Å². The number of para-hydroxylation sites is 1. The maximum atomic E-state index is 13.7. The summed E-state index contributed by atoms with van der Waals surface area (Å²) in [7, 11) is 0. The van der Waals surface area contributed by atoms with Gasteiger partial charge >= 0.3 is 0 Å². The van der Waals surface area contributed by atoms with Crippen LogP contribution in [0.1, 0.15) is 41.6 Å². The van der Waals surface area contributed by atoms with Gasteiger partial charge in [0, 0.05) is 17.0 Å². The van der Waals surface area contributed by atoms with E-state index in [0.717, 1.165) is 24.2 Å². The van der Waals surface area contributed by atoms with E-state index in [1.54, 1.807) is 30.3 Å². The van der Waals surface area contributed by atoms with Crippen LogP contribution in [-0.2, 0) is 6.42 Å². The van der Waals surface area contributed by atoms with Gasteiger partial charge in [0.15, 0.2) is 5.76 Å². The van der Waals surface area contributed by atoms with E-state index < -0.39 is 11.7 Å². The Hall–Kier alpha value is -2.79. The van der Waals surface area contributed by atoms with Crippen LogP contribution in [0.3, 0.4) is 0 Å². The fourth-order valence-electron chi connectivity index (χ4n) is 2.68. The van der Waals surface area contributed by atoms with Crippen LogP contribution in [0.4, 0.5) is 10.1 Å². The molecule has 6 heteroatoms. The van der Waals surface area contributed by atoms with Gasteiger partial charge in [0.1, 0.15) is 17.3 Å². The molecule has 0 bridgehead atoms. The number of carbonyl (C=O) groups is 1. The van der Waals surface area contributed by atoms with E-state index in [1.807, 2.05) is 12.1 Å². The lowest BCUT2D eigenvalue weighted by Gasteiger charge is -2.11. The van der Waals surface area contributed by atoms with E-state index >= 15 is 0 Å². The normalized spacial score (nSPS) is 10.7. The predicted octanol–water partition coefficient (Wildman–Crippen LogP) is 6.09. The fraction of sp³-hybridized carbons (Fsp3) is 0.227. The first-order valence-corrected chi connectivity index (χ1v) is 9.50. The number of ether oxygens (including phenoxy) is 1. The second kappa shape index (κ2) is 9.42. The van der Waals surface area contributed by atoms with E-state index in [4.69, 9.17) is 20.8 Å². The number of furan rings is 1. The summed E-state index contributed by atoms with van der Waals surface area (Å²) in [6.45, 7) is 2.72. The number of nitrogens with one attached hydrogen (secondary N) is 1. The molecule has 1 amide bonds. The van der Waals surface area contributed by atoms with Crippen LogP contribution in [0.2, 0.25) is 5.02 Å². The largest absolute Gasteiger partial charge is 0.493 e. The third kappa shape index (κ3) is 5.14. The Labute approximate surface area is 168 Å². The first kappa shape index (κ1) is 20.0. The average molecular weight is 402 g/mol. The lowest BCUT2D eigenvalue weighted by Crippen LogP contribution is -2.11. The van der Waals surface area contributed by atoms with Crippen molar-refractivity contribution < 1.29 is 18.3 Å². The summed E-state index contributed by atoms with van der Waals surface area (Å²) in [5, 5.41) is 3.10. The molecule has 4 nitrogen and oxygen atoms in total. The Morgan fingerprint density at radius 1 is 1.18 bits per heavy atom. The Morgan fingerprint density at radius 2 is 2.00 bits per heavy atom. The summed E-state index contributed by atoms with van der Waals surface area (Å²) in [6, 6.07) is 14.7. The number of unbranched alkanes of at least 4 members (excludes halogenated alkanes) is 1. The lowest BCUT2D eigenvalue weighted by atomic mass is 10.1. The van der Waals surface area contributed by atoms with Crippen LogP contribution in [0.5, 0.6) is 5.75 Å². The molecule has 1 aromatic heterocycles. The Morgan fingerprint density at radius 3 is 2.79 bits per heavy atom. The summed E-state index contributed by atoms with van der Waals surface area (Å²) in [5.41, 5.74) is 0.978. The molecular formula is C22H21ClFNO3. The van der Waals surface area contributed by atoms with Crippen LogP contribution >= 0.6 is 11.6 Å². The van der Waals surface area contributed by atoms with Gasteiger partial charge in [-0.3, -0.25) is 4.79 Å². The molecule has 146 valence electrons. The van der Waals surface area contributed by atoms with Crippen LogP contribution in [-0.4, -0.2) is 12.5 Å². The van der Waals surface area contributed by atoms with Gasteiger partial charge in [-0.25, -0.2) is 4.39 Å². The van der Waals surface area contributed by atoms with E-state index in [1.165, 1.54) is 12.1 Å². The molecule has 0 aliphatic heterocycles. The van der Waals surface area contributed by atoms with Crippen molar-refractivity contribution in [1.29, 1.82) is 0 Å². The highest BCUT2D eigenvalue weighted by atomic mass is 35.5. The van der Waals surface area contributed by atoms with E-state index in [0.29, 0.717) is 23.8 Å². The van der Waals surface area contributed by atoms with Gasteiger partial charge < -0.3 is 14.5 Å². The molecule has 0 radical (unpaired) electrons. The fourth-order valence-corrected chi connectivity index (χ4v) is 2.88. The molecule has 3 aromatic rings. The zero-order chi connectivity index (χ0) is 19.9. The number of hydrogen-bond acceptors (Lipinski definition) is 3. The molecule has 0 aliphatic carbocycles. The minimum atomic E-state index is -0.512. The number of amides is 1. The number of carbonyl (C=O) groups excluding carboxylic acids is 1. The minimum absolute atomic E-state index is 0.104. The van der Waals surface area contributed by atoms with Gasteiger partial charge in [0.25, 0.3) is 5.91 Å². The third-order valence-electron chi connectivity index (χ3n) is 4.15. The monoisotopic (exact) mass is 401 g/mol. The Kier molecular flexibility index (Phi) is 6.71. The highest BCUT2D eigenvalue weighted by molar-refractivity contribution is 6.30. The summed E-state index contributed by atoms with van der Waals surface area (Å²) in [4.78, 5) is 12.3. The van der Waals surface area contributed by atoms with Crippen LogP contribution in [0.15, 0.2) is 59.0 Å². The van der Waals surface area contributed by atoms with Crippen LogP contribution in [0, 0.1) is 5.82 Å². The second-order valence-corrected chi connectivity index (χ2v) is 6.77. The highest BCUT2D eigenvalue weighted by Crippen LogP contribution is 2.27. The van der Waals surface area contributed by atoms with E-state index in [2.05, 4.69) is 12.2 Å². The van der Waals surface area contributed by atoms with Crippen LogP contribution < -0.4 is 10.1 Å². The molecule has 2 aromatic carbocycles. The van der Waals surface area contributed by atoms with Crippen molar-refractivity contribution in [1.82, 2.24) is 0 Å². The molecule has 1 heterocycles. The Bertz CT molecular complexity index is 954. The Balaban J connectivity index is 1.71. The first-order chi connectivity index (χ1) is 13.6. The van der Waals surface area contributed by atoms with Crippen molar-refractivity contribution >= 4 is 23.2 Å². The van der Waals surface area contributed by atoms with Crippen LogP contribution in [0.25, 0.3) is 0 Å². The molecule has 28 heavy (non-hydrogen) atoms. The second-order valence-electron chi connectivity index (χ2n) is 6.33. The minimum Gasteiger partial charge on any atom is -0.493 e. The van der Waals surface area contributed by atoms with Crippen molar-refractivity contribution in [3.8, 4) is 5.75 Å². The maximum Gasteiger partial charge on any atom is 0.291 e. The van der Waals surface area contributed by atoms with Gasteiger partial charge in [-0.1, -0.05) is 37.1 Å². The molecular weight excluding hydrogens is 381 g/mol. The number of benzene rings is 2. The zero-order valence-corrected chi connectivity index (χ0v) is 16.3. The van der Waals surface area contributed by atoms with Gasteiger partial charge in [-0.2, -0.15) is 0 Å². The molecule has 0 spiro atoms. The van der Waals surface area contributed by atoms with Crippen molar-refractivity contribution in [2.24, 2.45) is 0 Å². The molecule has 0 aliphatic rings. The number of halogens is 2. The number of hydrogen-bond donors (Lipinski definition) is 1. The zero-order valence-electron chi connectivity index (χ0n) is 15.5. The quantitative estimate of drug-likeness (QED) is 0.464. The van der Waals surface area contributed by atoms with Gasteiger partial charge in [-0.15, -0.1) is 0 Å². The summed E-state index contributed by atoms with van der Waals surface area (Å²) in [6.07, 6.45) is 2.43. The molecule has 0 atom stereocenters. The van der Waals surface area contributed by atoms with Gasteiger partial charge in [0.2, 0.25) is 0 Å². The smallest absolute Gasteiger partial charge is 0.291 e. The lowest BCUT2D eigenvalue weighted by molar-refractivity contribution is 0.0994. The molecule has 3 rings (SSSR count). The summed E-state index contributed by atoms with van der Waals surface area (Å²) >= 11 is 6.12. The number of anilines is 1. The molecule has 0 saturated carbocycles. The predicted molar refractivity (Wildman–Crippen MR) is 108 cm³/mol. The SMILES string of the molecule is CCCCOc1ccc(Cl)cc1Cc1ccc(C(=O)Nc2ccccc2F)o1. The molecule has 0 saturated heterocycles. The average Bonchev–Trinajstić information content (AvgIpc) is 3.14. The van der Waals surface area contributed by atoms with Gasteiger partial charge in [-0.05, 0) is 48.9 Å². The van der Waals surface area contributed by atoms with E-state index in [-0.39, 0.29) is 11.4 Å². The summed E-state index contributed by atoms with van der Waals surface area (Å²) in [5.74, 6) is 0.416. The molecule has 0 unspecified atom stereocenters. The van der Waals surface area contributed by atoms with Crippen molar-refractivity contribution in [2.45, 2.75) is 26.2 Å². The van der Waals surface area contributed by atoms with Crippen molar-refractivity contribution in [3.05, 3.63) is 82.5 Å². The van der Waals surface area contributed by atoms with Crippen molar-refractivity contribution in [2.75, 3.05) is 11.9 Å². The molecule has 0 fully saturated rings. The topological polar surface area (TPSA) is 51.5 Å².